The van der Waals surface area contributed by atoms with Crippen molar-refractivity contribution in [2.75, 3.05) is 7.05 Å². The first-order valence-corrected chi connectivity index (χ1v) is 6.82. The van der Waals surface area contributed by atoms with Crippen LogP contribution in [0.1, 0.15) is 45.7 Å². The first-order valence-electron chi connectivity index (χ1n) is 6.82. The summed E-state index contributed by atoms with van der Waals surface area (Å²) in [5.74, 6) is 0. The van der Waals surface area contributed by atoms with Crippen molar-refractivity contribution >= 4 is 0 Å². The molecule has 0 saturated carbocycles. The van der Waals surface area contributed by atoms with Gasteiger partial charge >= 0.3 is 0 Å². The summed E-state index contributed by atoms with van der Waals surface area (Å²) in [6.45, 7) is 12.6. The number of benzene rings is 1. The lowest BCUT2D eigenvalue weighted by molar-refractivity contribution is -0.961. The number of nitrogens with zero attached hydrogens (tertiary/aromatic N) is 1. The minimum Gasteiger partial charge on any atom is -0.318 e. The van der Waals surface area contributed by atoms with E-state index in [-0.39, 0.29) is 0 Å². The molecule has 1 nitrogen and oxygen atoms in total. The molecule has 0 atom stereocenters. The Bertz CT molecular complexity index is 327. The summed E-state index contributed by atoms with van der Waals surface area (Å²) in [7, 11) is 2.36. The summed E-state index contributed by atoms with van der Waals surface area (Å²) in [4.78, 5) is 0. The zero-order valence-corrected chi connectivity index (χ0v) is 12.3. The molecule has 0 amide bonds. The average Bonchev–Trinajstić information content (AvgIpc) is 2.29. The molecule has 0 aliphatic heterocycles. The molecule has 96 valence electrons. The van der Waals surface area contributed by atoms with E-state index in [1.165, 1.54) is 11.1 Å². The topological polar surface area (TPSA) is 0 Å². The maximum atomic E-state index is 2.36. The van der Waals surface area contributed by atoms with E-state index in [0.29, 0.717) is 12.1 Å². The summed E-state index contributed by atoms with van der Waals surface area (Å²) in [6, 6.07) is 10.4. The number of quaternary nitrogens is 1. The number of rotatable bonds is 5. The Kier molecular flexibility index (Phi) is 4.76. The minimum absolute atomic E-state index is 0.654. The van der Waals surface area contributed by atoms with Gasteiger partial charge < -0.3 is 4.48 Å². The highest BCUT2D eigenvalue weighted by atomic mass is 15.4. The van der Waals surface area contributed by atoms with E-state index in [4.69, 9.17) is 0 Å². The van der Waals surface area contributed by atoms with E-state index < -0.39 is 0 Å². The molecule has 1 aromatic carbocycles. The molecular formula is C16H28N+. The molecule has 0 aliphatic rings. The van der Waals surface area contributed by atoms with Gasteiger partial charge in [0.25, 0.3) is 0 Å². The second kappa shape index (κ2) is 5.68. The van der Waals surface area contributed by atoms with Gasteiger partial charge in [0.15, 0.2) is 0 Å². The van der Waals surface area contributed by atoms with E-state index in [1.807, 2.05) is 0 Å². The Balaban J connectivity index is 2.86. The van der Waals surface area contributed by atoms with E-state index in [1.54, 1.807) is 0 Å². The minimum atomic E-state index is 0.654. The van der Waals surface area contributed by atoms with Gasteiger partial charge in [0, 0.05) is 5.56 Å². The molecule has 0 saturated heterocycles. The van der Waals surface area contributed by atoms with Crippen molar-refractivity contribution in [2.24, 2.45) is 0 Å². The summed E-state index contributed by atoms with van der Waals surface area (Å²) >= 11 is 0. The standard InChI is InChI=1S/C16H28N/c1-7-15-8-10-16(11-9-15)12-17(6,13(2)3)14(4)5/h8-11,13-14H,7,12H2,1-6H3/q+1. The van der Waals surface area contributed by atoms with Crippen LogP contribution >= 0.6 is 0 Å². The fourth-order valence-electron chi connectivity index (χ4n) is 2.24. The normalized spacial score (nSPS) is 12.5. The fourth-order valence-corrected chi connectivity index (χ4v) is 2.24. The fraction of sp³-hybridized carbons (Fsp3) is 0.625. The maximum Gasteiger partial charge on any atom is 0.105 e. The van der Waals surface area contributed by atoms with Crippen molar-refractivity contribution in [3.8, 4) is 0 Å². The molecule has 0 heterocycles. The number of hydrogen-bond donors (Lipinski definition) is 0. The molecule has 0 bridgehead atoms. The predicted octanol–water partition coefficient (Wildman–Crippen LogP) is 4.01. The molecule has 17 heavy (non-hydrogen) atoms. The smallest absolute Gasteiger partial charge is 0.105 e. The largest absolute Gasteiger partial charge is 0.318 e. The quantitative estimate of drug-likeness (QED) is 0.675. The molecule has 0 fully saturated rings. The van der Waals surface area contributed by atoms with Crippen molar-refractivity contribution in [1.82, 2.24) is 0 Å². The Morgan fingerprint density at radius 3 is 1.65 bits per heavy atom. The van der Waals surface area contributed by atoms with Crippen LogP contribution in [-0.4, -0.2) is 23.6 Å². The summed E-state index contributed by atoms with van der Waals surface area (Å²) in [6.07, 6.45) is 1.13. The van der Waals surface area contributed by atoms with Gasteiger partial charge in [0.2, 0.25) is 0 Å². The Hall–Kier alpha value is -0.820. The van der Waals surface area contributed by atoms with Crippen molar-refractivity contribution in [2.45, 2.75) is 59.7 Å². The Labute approximate surface area is 107 Å². The molecule has 1 rings (SSSR count). The van der Waals surface area contributed by atoms with Crippen molar-refractivity contribution in [3.63, 3.8) is 0 Å². The van der Waals surface area contributed by atoms with Gasteiger partial charge in [-0.2, -0.15) is 0 Å². The van der Waals surface area contributed by atoms with Crippen LogP contribution in [0.25, 0.3) is 0 Å². The van der Waals surface area contributed by atoms with Crippen LogP contribution in [0.4, 0.5) is 0 Å². The summed E-state index contributed by atoms with van der Waals surface area (Å²) in [5, 5.41) is 0. The van der Waals surface area contributed by atoms with Gasteiger partial charge in [-0.05, 0) is 39.7 Å². The van der Waals surface area contributed by atoms with Gasteiger partial charge in [-0.3, -0.25) is 0 Å². The van der Waals surface area contributed by atoms with E-state index in [2.05, 4.69) is 65.9 Å². The van der Waals surface area contributed by atoms with Crippen LogP contribution < -0.4 is 0 Å². The van der Waals surface area contributed by atoms with Gasteiger partial charge in [-0.25, -0.2) is 0 Å². The predicted molar refractivity (Wildman–Crippen MR) is 76.0 cm³/mol. The number of hydrogen-bond acceptors (Lipinski definition) is 0. The SMILES string of the molecule is CCc1ccc(C[N+](C)(C(C)C)C(C)C)cc1. The summed E-state index contributed by atoms with van der Waals surface area (Å²) < 4.78 is 1.10. The molecule has 0 radical (unpaired) electrons. The van der Waals surface area contributed by atoms with Crippen LogP contribution in [0, 0.1) is 0 Å². The third kappa shape index (κ3) is 3.32. The molecular weight excluding hydrogens is 206 g/mol. The molecule has 1 aromatic rings. The zero-order valence-electron chi connectivity index (χ0n) is 12.3. The van der Waals surface area contributed by atoms with E-state index in [0.717, 1.165) is 17.4 Å². The highest BCUT2D eigenvalue weighted by molar-refractivity contribution is 5.21. The van der Waals surface area contributed by atoms with Gasteiger partial charge in [-0.15, -0.1) is 0 Å². The van der Waals surface area contributed by atoms with Gasteiger partial charge in [0.05, 0.1) is 19.1 Å². The highest BCUT2D eigenvalue weighted by Gasteiger charge is 2.29. The maximum absolute atomic E-state index is 2.36. The lowest BCUT2D eigenvalue weighted by Gasteiger charge is -2.42. The van der Waals surface area contributed by atoms with Crippen molar-refractivity contribution in [1.29, 1.82) is 0 Å². The molecule has 0 spiro atoms. The van der Waals surface area contributed by atoms with Crippen LogP contribution in [0.3, 0.4) is 0 Å². The van der Waals surface area contributed by atoms with E-state index >= 15 is 0 Å². The van der Waals surface area contributed by atoms with Crippen LogP contribution in [0.2, 0.25) is 0 Å². The van der Waals surface area contributed by atoms with Gasteiger partial charge in [-0.1, -0.05) is 31.2 Å². The van der Waals surface area contributed by atoms with Crippen LogP contribution in [0.15, 0.2) is 24.3 Å². The third-order valence-corrected chi connectivity index (χ3v) is 4.31. The van der Waals surface area contributed by atoms with Crippen LogP contribution in [-0.2, 0) is 13.0 Å². The molecule has 0 N–H and O–H groups in total. The second-order valence-electron chi connectivity index (χ2n) is 5.86. The second-order valence-corrected chi connectivity index (χ2v) is 5.86. The lowest BCUT2D eigenvalue weighted by Crippen LogP contribution is -2.53. The Morgan fingerprint density at radius 1 is 0.882 bits per heavy atom. The van der Waals surface area contributed by atoms with Gasteiger partial charge in [0.1, 0.15) is 6.54 Å². The monoisotopic (exact) mass is 234 g/mol. The molecule has 0 aromatic heterocycles. The average molecular weight is 234 g/mol. The van der Waals surface area contributed by atoms with E-state index in [9.17, 15) is 0 Å². The summed E-state index contributed by atoms with van der Waals surface area (Å²) in [5.41, 5.74) is 2.88. The van der Waals surface area contributed by atoms with Crippen molar-refractivity contribution in [3.05, 3.63) is 35.4 Å². The van der Waals surface area contributed by atoms with Crippen LogP contribution in [0.5, 0.6) is 0 Å². The van der Waals surface area contributed by atoms with Crippen molar-refractivity contribution < 1.29 is 4.48 Å². The third-order valence-electron chi connectivity index (χ3n) is 4.31. The highest BCUT2D eigenvalue weighted by Crippen LogP contribution is 2.21. The lowest BCUT2D eigenvalue weighted by atomic mass is 10.1. The first-order chi connectivity index (χ1) is 7.90. The number of aryl methyl sites for hydroxylation is 1. The zero-order chi connectivity index (χ0) is 13.1. The molecule has 0 unspecified atom stereocenters. The molecule has 1 heteroatoms. The molecule has 0 aliphatic carbocycles. The Morgan fingerprint density at radius 2 is 1.29 bits per heavy atom. The first kappa shape index (κ1) is 14.2.